The minimum Gasteiger partial charge on any atom is -0.444 e. The van der Waals surface area contributed by atoms with Gasteiger partial charge in [0.2, 0.25) is 11.8 Å². The monoisotopic (exact) mass is 411 g/mol. The Morgan fingerprint density at radius 3 is 2.24 bits per heavy atom. The molecular formula is C21H37N3O5. The van der Waals surface area contributed by atoms with Gasteiger partial charge in [-0.1, -0.05) is 34.1 Å². The van der Waals surface area contributed by atoms with Gasteiger partial charge in [0.1, 0.15) is 17.7 Å². The van der Waals surface area contributed by atoms with Crippen LogP contribution in [0.3, 0.4) is 0 Å². The Kier molecular flexibility index (Phi) is 6.87. The zero-order chi connectivity index (χ0) is 22.1. The van der Waals surface area contributed by atoms with Gasteiger partial charge >= 0.3 is 6.09 Å². The lowest BCUT2D eigenvalue weighted by Crippen LogP contribution is -2.58. The number of carbonyl (C=O) groups is 3. The molecule has 1 aliphatic heterocycles. The normalized spacial score (nSPS) is 27.9. The molecule has 0 aromatic heterocycles. The summed E-state index contributed by atoms with van der Waals surface area (Å²) in [5.41, 5.74) is -1.30. The van der Waals surface area contributed by atoms with Gasteiger partial charge in [0.15, 0.2) is 0 Å². The van der Waals surface area contributed by atoms with Crippen molar-refractivity contribution in [1.82, 2.24) is 15.5 Å². The molecular weight excluding hydrogens is 374 g/mol. The van der Waals surface area contributed by atoms with Crippen LogP contribution in [0.4, 0.5) is 4.79 Å². The molecule has 2 rings (SSSR count). The Hall–Kier alpha value is -1.83. The molecule has 5 unspecified atom stereocenters. The van der Waals surface area contributed by atoms with Gasteiger partial charge in [-0.15, -0.1) is 0 Å². The van der Waals surface area contributed by atoms with E-state index in [1.807, 2.05) is 20.8 Å². The number of alkyl carbamates (subject to hydrolysis) is 1. The molecule has 8 heteroatoms. The quantitative estimate of drug-likeness (QED) is 0.639. The molecule has 3 N–H and O–H groups in total. The maximum absolute atomic E-state index is 13.3. The van der Waals surface area contributed by atoms with E-state index in [4.69, 9.17) is 4.74 Å². The first kappa shape index (κ1) is 23.4. The Bertz CT molecular complexity index is 637. The van der Waals surface area contributed by atoms with Crippen molar-refractivity contribution in [2.45, 2.75) is 97.6 Å². The fourth-order valence-electron chi connectivity index (χ4n) is 3.70. The third-order valence-electron chi connectivity index (χ3n) is 5.41. The van der Waals surface area contributed by atoms with E-state index < -0.39 is 35.3 Å². The van der Waals surface area contributed by atoms with E-state index >= 15 is 0 Å². The van der Waals surface area contributed by atoms with Crippen molar-refractivity contribution in [2.24, 2.45) is 11.3 Å². The van der Waals surface area contributed by atoms with Crippen LogP contribution in [0, 0.1) is 11.3 Å². The molecule has 1 saturated heterocycles. The molecule has 2 fully saturated rings. The average molecular weight is 412 g/mol. The zero-order valence-electron chi connectivity index (χ0n) is 18.7. The van der Waals surface area contributed by atoms with Crippen molar-refractivity contribution >= 4 is 17.9 Å². The number of ether oxygens (including phenoxy) is 1. The molecule has 0 spiro atoms. The molecule has 1 aliphatic carbocycles. The zero-order valence-corrected chi connectivity index (χ0v) is 18.7. The summed E-state index contributed by atoms with van der Waals surface area (Å²) in [6, 6.07) is -1.47. The first-order chi connectivity index (χ1) is 13.2. The number of aliphatic hydroxyl groups excluding tert-OH is 1. The average Bonchev–Trinajstić information content (AvgIpc) is 3.18. The molecule has 29 heavy (non-hydrogen) atoms. The summed E-state index contributed by atoms with van der Waals surface area (Å²) in [5, 5.41) is 15.8. The number of rotatable bonds is 5. The van der Waals surface area contributed by atoms with Crippen LogP contribution in [-0.4, -0.2) is 64.3 Å². The summed E-state index contributed by atoms with van der Waals surface area (Å²) in [7, 11) is 0. The summed E-state index contributed by atoms with van der Waals surface area (Å²) < 4.78 is 5.31. The maximum atomic E-state index is 13.3. The summed E-state index contributed by atoms with van der Waals surface area (Å²) in [6.07, 6.45) is 0.710. The molecule has 1 saturated carbocycles. The number of hydrogen-bond acceptors (Lipinski definition) is 5. The fourth-order valence-corrected chi connectivity index (χ4v) is 3.70. The third-order valence-corrected chi connectivity index (χ3v) is 5.41. The third kappa shape index (κ3) is 6.32. The number of β-amino-alcohol motifs (C(OH)–C–C–N with tert-alkyl or cyclic N) is 1. The number of hydrogen-bond donors (Lipinski definition) is 3. The van der Waals surface area contributed by atoms with Gasteiger partial charge in [0, 0.05) is 19.0 Å². The van der Waals surface area contributed by atoms with Crippen LogP contribution >= 0.6 is 0 Å². The minimum absolute atomic E-state index is 0.0708. The van der Waals surface area contributed by atoms with E-state index in [9.17, 15) is 19.5 Å². The van der Waals surface area contributed by atoms with Gasteiger partial charge < -0.3 is 25.4 Å². The molecule has 0 bridgehead atoms. The van der Waals surface area contributed by atoms with Crippen LogP contribution < -0.4 is 10.6 Å². The molecule has 0 radical (unpaired) electrons. The van der Waals surface area contributed by atoms with Crippen molar-refractivity contribution in [3.63, 3.8) is 0 Å². The predicted octanol–water partition coefficient (Wildman–Crippen LogP) is 1.80. The van der Waals surface area contributed by atoms with E-state index in [0.29, 0.717) is 5.92 Å². The Morgan fingerprint density at radius 2 is 1.76 bits per heavy atom. The number of amides is 3. The van der Waals surface area contributed by atoms with Gasteiger partial charge in [-0.05, 0) is 38.5 Å². The van der Waals surface area contributed by atoms with Gasteiger partial charge in [-0.25, -0.2) is 4.79 Å². The molecule has 2 aliphatic rings. The Balaban J connectivity index is 2.12. The smallest absolute Gasteiger partial charge is 0.408 e. The first-order valence-electron chi connectivity index (χ1n) is 10.5. The topological polar surface area (TPSA) is 108 Å². The Morgan fingerprint density at radius 1 is 1.14 bits per heavy atom. The van der Waals surface area contributed by atoms with E-state index in [-0.39, 0.29) is 30.8 Å². The number of carbonyl (C=O) groups excluding carboxylic acids is 3. The molecule has 0 aromatic carbocycles. The highest BCUT2D eigenvalue weighted by molar-refractivity contribution is 5.92. The fraction of sp³-hybridized carbons (Fsp3) is 0.857. The SMILES string of the molecule is CCC1CC1NC(=O)C1CC(O)CN1C(=O)C(NC(=O)OC(C)(C)C)C(C)(C)C. The predicted molar refractivity (Wildman–Crippen MR) is 109 cm³/mol. The lowest BCUT2D eigenvalue weighted by molar-refractivity contribution is -0.142. The highest BCUT2D eigenvalue weighted by atomic mass is 16.6. The van der Waals surface area contributed by atoms with Crippen LogP contribution in [0.25, 0.3) is 0 Å². The van der Waals surface area contributed by atoms with Crippen LogP contribution in [0.1, 0.15) is 67.7 Å². The van der Waals surface area contributed by atoms with Gasteiger partial charge in [0.05, 0.1) is 6.10 Å². The van der Waals surface area contributed by atoms with Crippen molar-refractivity contribution < 1.29 is 24.2 Å². The number of nitrogens with one attached hydrogen (secondary N) is 2. The van der Waals surface area contributed by atoms with Gasteiger partial charge in [-0.2, -0.15) is 0 Å². The van der Waals surface area contributed by atoms with Gasteiger partial charge in [-0.3, -0.25) is 9.59 Å². The van der Waals surface area contributed by atoms with Crippen molar-refractivity contribution in [3.8, 4) is 0 Å². The standard InChI is InChI=1S/C21H37N3O5/c1-8-12-9-14(12)22-17(26)15-10-13(25)11-24(15)18(27)16(20(2,3)4)23-19(28)29-21(5,6)7/h12-16,25H,8-11H2,1-7H3,(H,22,26)(H,23,28). The molecule has 3 amide bonds. The summed E-state index contributed by atoms with van der Waals surface area (Å²) >= 11 is 0. The number of nitrogens with zero attached hydrogens (tertiary/aromatic N) is 1. The molecule has 166 valence electrons. The lowest BCUT2D eigenvalue weighted by Gasteiger charge is -2.35. The molecule has 8 nitrogen and oxygen atoms in total. The lowest BCUT2D eigenvalue weighted by atomic mass is 9.85. The Labute approximate surface area is 173 Å². The maximum Gasteiger partial charge on any atom is 0.408 e. The molecule has 1 heterocycles. The second kappa shape index (κ2) is 8.50. The molecule has 0 aromatic rings. The second-order valence-corrected chi connectivity index (χ2v) is 10.4. The van der Waals surface area contributed by atoms with Crippen LogP contribution in [0.15, 0.2) is 0 Å². The second-order valence-electron chi connectivity index (χ2n) is 10.4. The highest BCUT2D eigenvalue weighted by Gasteiger charge is 2.46. The van der Waals surface area contributed by atoms with Crippen LogP contribution in [0.2, 0.25) is 0 Å². The van der Waals surface area contributed by atoms with Gasteiger partial charge in [0.25, 0.3) is 0 Å². The van der Waals surface area contributed by atoms with Crippen molar-refractivity contribution in [1.29, 1.82) is 0 Å². The molecule has 5 atom stereocenters. The minimum atomic E-state index is -0.887. The van der Waals surface area contributed by atoms with E-state index in [1.54, 1.807) is 20.8 Å². The summed E-state index contributed by atoms with van der Waals surface area (Å²) in [4.78, 5) is 39.8. The van der Waals surface area contributed by atoms with Crippen LogP contribution in [0.5, 0.6) is 0 Å². The number of likely N-dealkylation sites (tertiary alicyclic amines) is 1. The number of aliphatic hydroxyl groups is 1. The largest absolute Gasteiger partial charge is 0.444 e. The van der Waals surface area contributed by atoms with Crippen LogP contribution in [-0.2, 0) is 14.3 Å². The summed E-state index contributed by atoms with van der Waals surface area (Å²) in [5.74, 6) is -0.130. The summed E-state index contributed by atoms with van der Waals surface area (Å²) in [6.45, 7) is 12.9. The highest BCUT2D eigenvalue weighted by Crippen LogP contribution is 2.34. The van der Waals surface area contributed by atoms with Crippen molar-refractivity contribution in [2.75, 3.05) is 6.54 Å². The first-order valence-corrected chi connectivity index (χ1v) is 10.5. The van der Waals surface area contributed by atoms with E-state index in [2.05, 4.69) is 17.6 Å². The van der Waals surface area contributed by atoms with Crippen molar-refractivity contribution in [3.05, 3.63) is 0 Å². The van der Waals surface area contributed by atoms with E-state index in [1.165, 1.54) is 4.90 Å². The van der Waals surface area contributed by atoms with E-state index in [0.717, 1.165) is 12.8 Å².